The summed E-state index contributed by atoms with van der Waals surface area (Å²) < 4.78 is 1.57. The van der Waals surface area contributed by atoms with Crippen LogP contribution in [0.15, 0.2) is 39.6 Å². The summed E-state index contributed by atoms with van der Waals surface area (Å²) in [7, 11) is 0. The number of carbonyl (C=O) groups is 1. The summed E-state index contributed by atoms with van der Waals surface area (Å²) in [6, 6.07) is 6.63. The number of hydrogen-bond donors (Lipinski definition) is 2. The predicted molar refractivity (Wildman–Crippen MR) is 73.4 cm³/mol. The third kappa shape index (κ3) is 2.64. The number of nitrogens with zero attached hydrogens (tertiary/aromatic N) is 1. The molecular formula is C12H7BrClNO4. The molecule has 0 spiro atoms. The van der Waals surface area contributed by atoms with E-state index in [-0.39, 0.29) is 16.4 Å². The van der Waals surface area contributed by atoms with Gasteiger partial charge in [-0.3, -0.25) is 9.36 Å². The number of rotatable bonds is 2. The van der Waals surface area contributed by atoms with E-state index in [1.54, 1.807) is 6.07 Å². The summed E-state index contributed by atoms with van der Waals surface area (Å²) >= 11 is 9.21. The van der Waals surface area contributed by atoms with Gasteiger partial charge in [0.1, 0.15) is 11.4 Å². The summed E-state index contributed by atoms with van der Waals surface area (Å²) in [6.45, 7) is 0. The maximum Gasteiger partial charge on any atom is 0.353 e. The fourth-order valence-corrected chi connectivity index (χ4v) is 2.17. The quantitative estimate of drug-likeness (QED) is 0.878. The van der Waals surface area contributed by atoms with Crippen molar-refractivity contribution >= 4 is 33.5 Å². The van der Waals surface area contributed by atoms with E-state index < -0.39 is 17.3 Å². The summed E-state index contributed by atoms with van der Waals surface area (Å²) in [5.41, 5.74) is -0.833. The molecule has 0 bridgehead atoms. The first-order valence-corrected chi connectivity index (χ1v) is 6.22. The Morgan fingerprint density at radius 2 is 1.95 bits per heavy atom. The molecule has 2 rings (SSSR count). The van der Waals surface area contributed by atoms with Crippen molar-refractivity contribution in [1.82, 2.24) is 4.57 Å². The lowest BCUT2D eigenvalue weighted by Gasteiger charge is -2.12. The van der Waals surface area contributed by atoms with Crippen LogP contribution in [-0.2, 0) is 0 Å². The van der Waals surface area contributed by atoms with Gasteiger partial charge in [-0.05, 0) is 18.2 Å². The zero-order chi connectivity index (χ0) is 14.2. The van der Waals surface area contributed by atoms with Crippen molar-refractivity contribution in [2.45, 2.75) is 0 Å². The van der Waals surface area contributed by atoms with Crippen molar-refractivity contribution in [1.29, 1.82) is 0 Å². The molecule has 0 aliphatic heterocycles. The Labute approximate surface area is 120 Å². The maximum absolute atomic E-state index is 11.9. The summed E-state index contributed by atoms with van der Waals surface area (Å²) in [5, 5.41) is 18.7. The van der Waals surface area contributed by atoms with Crippen LogP contribution in [0.4, 0.5) is 0 Å². The molecule has 0 atom stereocenters. The molecule has 0 saturated carbocycles. The number of carboxylic acid groups (broad SMARTS) is 1. The van der Waals surface area contributed by atoms with Crippen molar-refractivity contribution in [3.05, 3.63) is 55.9 Å². The number of pyridine rings is 1. The Kier molecular flexibility index (Phi) is 3.64. The van der Waals surface area contributed by atoms with E-state index in [0.29, 0.717) is 4.47 Å². The standard InChI is InChI=1S/C12H7BrClNO4/c13-6-1-2-8(14)9(3-6)15-10(12(18)19)4-7(16)5-11(15)17/h1-5,16H,(H,18,19). The molecule has 0 fully saturated rings. The molecule has 7 heteroatoms. The zero-order valence-electron chi connectivity index (χ0n) is 9.30. The van der Waals surface area contributed by atoms with Gasteiger partial charge >= 0.3 is 5.97 Å². The molecule has 0 amide bonds. The Morgan fingerprint density at radius 3 is 2.58 bits per heavy atom. The number of aromatic hydroxyl groups is 1. The van der Waals surface area contributed by atoms with Crippen LogP contribution in [0.1, 0.15) is 10.5 Å². The van der Waals surface area contributed by atoms with Crippen molar-refractivity contribution in [2.75, 3.05) is 0 Å². The van der Waals surface area contributed by atoms with Gasteiger partial charge in [0.05, 0.1) is 10.7 Å². The smallest absolute Gasteiger partial charge is 0.353 e. The van der Waals surface area contributed by atoms with Crippen LogP contribution >= 0.6 is 27.5 Å². The van der Waals surface area contributed by atoms with Gasteiger partial charge < -0.3 is 10.2 Å². The number of aromatic nitrogens is 1. The first-order valence-electron chi connectivity index (χ1n) is 5.05. The number of benzene rings is 1. The van der Waals surface area contributed by atoms with E-state index in [1.807, 2.05) is 0 Å². The maximum atomic E-state index is 11.9. The summed E-state index contributed by atoms with van der Waals surface area (Å²) in [6.07, 6.45) is 0. The van der Waals surface area contributed by atoms with E-state index >= 15 is 0 Å². The lowest BCUT2D eigenvalue weighted by Crippen LogP contribution is -2.23. The van der Waals surface area contributed by atoms with E-state index in [1.165, 1.54) is 12.1 Å². The van der Waals surface area contributed by atoms with Crippen LogP contribution in [-0.4, -0.2) is 20.7 Å². The van der Waals surface area contributed by atoms with E-state index in [2.05, 4.69) is 15.9 Å². The molecule has 0 aliphatic carbocycles. The second-order valence-corrected chi connectivity index (χ2v) is 5.00. The SMILES string of the molecule is O=C(O)c1cc(O)cc(=O)n1-c1cc(Br)ccc1Cl. The number of aromatic carboxylic acids is 1. The predicted octanol–water partition coefficient (Wildman–Crippen LogP) is 2.66. The van der Waals surface area contributed by atoms with Gasteiger partial charge in [-0.2, -0.15) is 0 Å². The Balaban J connectivity index is 2.85. The van der Waals surface area contributed by atoms with Crippen molar-refractivity contribution in [3.8, 4) is 11.4 Å². The zero-order valence-corrected chi connectivity index (χ0v) is 11.6. The molecule has 1 aromatic heterocycles. The minimum absolute atomic E-state index is 0.221. The van der Waals surface area contributed by atoms with Gasteiger partial charge in [0.2, 0.25) is 0 Å². The van der Waals surface area contributed by atoms with Crippen molar-refractivity contribution in [3.63, 3.8) is 0 Å². The summed E-state index contributed by atoms with van der Waals surface area (Å²) in [4.78, 5) is 23.1. The van der Waals surface area contributed by atoms with Gasteiger partial charge in [0, 0.05) is 16.6 Å². The molecule has 0 unspecified atom stereocenters. The molecule has 98 valence electrons. The second kappa shape index (κ2) is 5.07. The molecule has 1 aromatic carbocycles. The molecule has 19 heavy (non-hydrogen) atoms. The van der Waals surface area contributed by atoms with Gasteiger partial charge in [-0.15, -0.1) is 0 Å². The third-order valence-electron chi connectivity index (χ3n) is 2.39. The normalized spacial score (nSPS) is 10.4. The largest absolute Gasteiger partial charge is 0.508 e. The molecule has 2 N–H and O–H groups in total. The monoisotopic (exact) mass is 343 g/mol. The highest BCUT2D eigenvalue weighted by atomic mass is 79.9. The Morgan fingerprint density at radius 1 is 1.26 bits per heavy atom. The van der Waals surface area contributed by atoms with Gasteiger partial charge in [-0.25, -0.2) is 4.79 Å². The van der Waals surface area contributed by atoms with Gasteiger partial charge in [0.25, 0.3) is 5.56 Å². The lowest BCUT2D eigenvalue weighted by molar-refractivity contribution is 0.0686. The fraction of sp³-hybridized carbons (Fsp3) is 0. The molecule has 2 aromatic rings. The highest BCUT2D eigenvalue weighted by Gasteiger charge is 2.16. The van der Waals surface area contributed by atoms with Crippen LogP contribution in [0.2, 0.25) is 5.02 Å². The molecule has 0 saturated heterocycles. The molecule has 5 nitrogen and oxygen atoms in total. The van der Waals surface area contributed by atoms with Crippen molar-refractivity contribution in [2.24, 2.45) is 0 Å². The number of hydrogen-bond acceptors (Lipinski definition) is 3. The highest BCUT2D eigenvalue weighted by molar-refractivity contribution is 9.10. The minimum Gasteiger partial charge on any atom is -0.508 e. The minimum atomic E-state index is -1.34. The lowest BCUT2D eigenvalue weighted by atomic mass is 10.2. The van der Waals surface area contributed by atoms with Crippen LogP contribution in [0, 0.1) is 0 Å². The molecule has 1 heterocycles. The summed E-state index contributed by atoms with van der Waals surface area (Å²) in [5.74, 6) is -1.76. The van der Waals surface area contributed by atoms with Crippen LogP contribution < -0.4 is 5.56 Å². The molecular weight excluding hydrogens is 337 g/mol. The average Bonchev–Trinajstić information content (AvgIpc) is 2.32. The van der Waals surface area contributed by atoms with Crippen LogP contribution in [0.3, 0.4) is 0 Å². The van der Waals surface area contributed by atoms with E-state index in [9.17, 15) is 14.7 Å². The highest BCUT2D eigenvalue weighted by Crippen LogP contribution is 2.25. The molecule has 0 radical (unpaired) electrons. The molecule has 0 aliphatic rings. The second-order valence-electron chi connectivity index (χ2n) is 3.67. The number of halogens is 2. The van der Waals surface area contributed by atoms with Gasteiger partial charge in [0.15, 0.2) is 0 Å². The topological polar surface area (TPSA) is 79.5 Å². The average molecular weight is 345 g/mol. The Hall–Kier alpha value is -1.79. The van der Waals surface area contributed by atoms with Crippen molar-refractivity contribution < 1.29 is 15.0 Å². The fourth-order valence-electron chi connectivity index (χ4n) is 1.62. The third-order valence-corrected chi connectivity index (χ3v) is 3.20. The van der Waals surface area contributed by atoms with E-state index in [4.69, 9.17) is 16.7 Å². The Bertz CT molecular complexity index is 726. The first-order chi connectivity index (χ1) is 8.90. The number of carboxylic acids is 1. The van der Waals surface area contributed by atoms with E-state index in [0.717, 1.165) is 16.7 Å². The van der Waals surface area contributed by atoms with Crippen LogP contribution in [0.5, 0.6) is 5.75 Å². The first kappa shape index (κ1) is 13.6. The van der Waals surface area contributed by atoms with Crippen LogP contribution in [0.25, 0.3) is 5.69 Å². The van der Waals surface area contributed by atoms with Gasteiger partial charge in [-0.1, -0.05) is 27.5 Å².